The number of piperidine rings is 1. The van der Waals surface area contributed by atoms with Crippen molar-refractivity contribution < 1.29 is 27.9 Å². The highest BCUT2D eigenvalue weighted by Crippen LogP contribution is 2.23. The minimum absolute atomic E-state index is 0.0987. The highest BCUT2D eigenvalue weighted by atomic mass is 19.4. The van der Waals surface area contributed by atoms with Crippen molar-refractivity contribution >= 4 is 11.8 Å². The van der Waals surface area contributed by atoms with Crippen molar-refractivity contribution in [2.45, 2.75) is 25.9 Å². The van der Waals surface area contributed by atoms with Crippen molar-refractivity contribution in [3.05, 3.63) is 0 Å². The fourth-order valence-electron chi connectivity index (χ4n) is 2.30. The van der Waals surface area contributed by atoms with E-state index in [0.717, 1.165) is 0 Å². The molecular weight excluding hydrogens is 277 g/mol. The predicted molar refractivity (Wildman–Crippen MR) is 64.7 cm³/mol. The molecule has 1 rings (SSSR count). The van der Waals surface area contributed by atoms with Crippen LogP contribution in [-0.2, 0) is 9.59 Å². The lowest BCUT2D eigenvalue weighted by molar-refractivity contribution is -0.165. The number of aliphatic hydroxyl groups is 1. The van der Waals surface area contributed by atoms with E-state index >= 15 is 0 Å². The van der Waals surface area contributed by atoms with Gasteiger partial charge in [0.05, 0.1) is 6.61 Å². The van der Waals surface area contributed by atoms with E-state index < -0.39 is 31.2 Å². The Balaban J connectivity index is 2.60. The third kappa shape index (κ3) is 4.99. The van der Waals surface area contributed by atoms with E-state index in [1.165, 1.54) is 6.92 Å². The van der Waals surface area contributed by atoms with Crippen LogP contribution in [0.25, 0.3) is 0 Å². The monoisotopic (exact) mass is 296 g/mol. The molecule has 0 aliphatic carbocycles. The van der Waals surface area contributed by atoms with Crippen LogP contribution in [0, 0.1) is 5.92 Å². The van der Waals surface area contributed by atoms with E-state index in [0.29, 0.717) is 30.8 Å². The molecule has 116 valence electrons. The Kier molecular flexibility index (Phi) is 5.79. The van der Waals surface area contributed by atoms with Crippen LogP contribution in [0.5, 0.6) is 0 Å². The molecule has 0 saturated carbocycles. The SMILES string of the molecule is CC(=O)N1CCC(C(=O)N(CCO)CC(F)(F)F)CC1. The number of alkyl halides is 3. The Morgan fingerprint density at radius 1 is 1.30 bits per heavy atom. The third-order valence-electron chi connectivity index (χ3n) is 3.34. The van der Waals surface area contributed by atoms with E-state index in [4.69, 9.17) is 5.11 Å². The summed E-state index contributed by atoms with van der Waals surface area (Å²) in [7, 11) is 0. The Morgan fingerprint density at radius 2 is 1.85 bits per heavy atom. The number of halogens is 3. The van der Waals surface area contributed by atoms with Crippen LogP contribution >= 0.6 is 0 Å². The topological polar surface area (TPSA) is 60.9 Å². The molecule has 1 fully saturated rings. The highest BCUT2D eigenvalue weighted by Gasteiger charge is 2.36. The number of carbonyl (C=O) groups is 2. The average molecular weight is 296 g/mol. The number of rotatable bonds is 4. The lowest BCUT2D eigenvalue weighted by Crippen LogP contribution is -2.47. The molecule has 0 radical (unpaired) electrons. The van der Waals surface area contributed by atoms with Gasteiger partial charge in [-0.15, -0.1) is 0 Å². The van der Waals surface area contributed by atoms with Crippen LogP contribution in [0.4, 0.5) is 13.2 Å². The molecule has 1 N–H and O–H groups in total. The fourth-order valence-corrected chi connectivity index (χ4v) is 2.30. The number of nitrogens with zero attached hydrogens (tertiary/aromatic N) is 2. The van der Waals surface area contributed by atoms with Crippen LogP contribution in [0.1, 0.15) is 19.8 Å². The summed E-state index contributed by atoms with van der Waals surface area (Å²) in [6, 6.07) is 0. The maximum atomic E-state index is 12.4. The van der Waals surface area contributed by atoms with Gasteiger partial charge in [-0.05, 0) is 12.8 Å². The molecule has 0 bridgehead atoms. The summed E-state index contributed by atoms with van der Waals surface area (Å²) >= 11 is 0. The maximum Gasteiger partial charge on any atom is 0.406 e. The molecule has 0 atom stereocenters. The molecule has 0 unspecified atom stereocenters. The highest BCUT2D eigenvalue weighted by molar-refractivity contribution is 5.79. The summed E-state index contributed by atoms with van der Waals surface area (Å²) in [6.07, 6.45) is -3.76. The minimum Gasteiger partial charge on any atom is -0.395 e. The van der Waals surface area contributed by atoms with Crippen molar-refractivity contribution in [1.82, 2.24) is 9.80 Å². The summed E-state index contributed by atoms with van der Waals surface area (Å²) < 4.78 is 37.2. The number of likely N-dealkylation sites (tertiary alicyclic amines) is 1. The number of amides is 2. The van der Waals surface area contributed by atoms with Gasteiger partial charge in [0.15, 0.2) is 0 Å². The van der Waals surface area contributed by atoms with Gasteiger partial charge >= 0.3 is 6.18 Å². The molecule has 20 heavy (non-hydrogen) atoms. The number of aliphatic hydroxyl groups excluding tert-OH is 1. The Hall–Kier alpha value is -1.31. The lowest BCUT2D eigenvalue weighted by Gasteiger charge is -2.33. The van der Waals surface area contributed by atoms with Gasteiger partial charge in [0.2, 0.25) is 11.8 Å². The largest absolute Gasteiger partial charge is 0.406 e. The molecule has 1 aliphatic rings. The van der Waals surface area contributed by atoms with E-state index in [2.05, 4.69) is 0 Å². The molecule has 0 spiro atoms. The molecule has 1 aliphatic heterocycles. The molecule has 1 heterocycles. The second-order valence-electron chi connectivity index (χ2n) is 4.88. The standard InChI is InChI=1S/C12H19F3N2O3/c1-9(19)16-4-2-10(3-5-16)11(20)17(6-7-18)8-12(13,14)15/h10,18H,2-8H2,1H3. The van der Waals surface area contributed by atoms with Gasteiger partial charge in [-0.2, -0.15) is 13.2 Å². The minimum atomic E-state index is -4.48. The van der Waals surface area contributed by atoms with Crippen molar-refractivity contribution in [2.75, 3.05) is 32.8 Å². The average Bonchev–Trinajstić information content (AvgIpc) is 2.36. The van der Waals surface area contributed by atoms with E-state index in [-0.39, 0.29) is 12.5 Å². The van der Waals surface area contributed by atoms with Crippen LogP contribution < -0.4 is 0 Å². The van der Waals surface area contributed by atoms with Crippen LogP contribution in [0.2, 0.25) is 0 Å². The lowest BCUT2D eigenvalue weighted by atomic mass is 9.95. The maximum absolute atomic E-state index is 12.4. The van der Waals surface area contributed by atoms with Gasteiger partial charge in [0.1, 0.15) is 6.54 Å². The van der Waals surface area contributed by atoms with E-state index in [1.807, 2.05) is 0 Å². The van der Waals surface area contributed by atoms with Crippen molar-refractivity contribution in [1.29, 1.82) is 0 Å². The van der Waals surface area contributed by atoms with Crippen molar-refractivity contribution in [2.24, 2.45) is 5.92 Å². The zero-order valence-corrected chi connectivity index (χ0v) is 11.3. The molecule has 8 heteroatoms. The molecule has 5 nitrogen and oxygen atoms in total. The first-order chi connectivity index (χ1) is 9.24. The quantitative estimate of drug-likeness (QED) is 0.827. The normalized spacial score (nSPS) is 17.1. The third-order valence-corrected chi connectivity index (χ3v) is 3.34. The Morgan fingerprint density at radius 3 is 2.25 bits per heavy atom. The molecule has 0 aromatic rings. The molecule has 2 amide bonds. The first-order valence-corrected chi connectivity index (χ1v) is 6.46. The van der Waals surface area contributed by atoms with E-state index in [1.54, 1.807) is 4.90 Å². The van der Waals surface area contributed by atoms with Gasteiger partial charge in [-0.25, -0.2) is 0 Å². The van der Waals surface area contributed by atoms with Gasteiger partial charge in [0.25, 0.3) is 0 Å². The molecule has 1 saturated heterocycles. The van der Waals surface area contributed by atoms with Crippen LogP contribution in [-0.4, -0.2) is 65.7 Å². The van der Waals surface area contributed by atoms with E-state index in [9.17, 15) is 22.8 Å². The molecule has 0 aromatic carbocycles. The second kappa shape index (κ2) is 6.92. The first-order valence-electron chi connectivity index (χ1n) is 6.46. The summed E-state index contributed by atoms with van der Waals surface area (Å²) in [5, 5.41) is 8.78. The van der Waals surface area contributed by atoms with Crippen molar-refractivity contribution in [3.8, 4) is 0 Å². The zero-order chi connectivity index (χ0) is 15.3. The number of hydrogen-bond acceptors (Lipinski definition) is 3. The van der Waals surface area contributed by atoms with Gasteiger partial charge in [-0.1, -0.05) is 0 Å². The summed E-state index contributed by atoms with van der Waals surface area (Å²) in [5.74, 6) is -1.21. The number of hydrogen-bond donors (Lipinski definition) is 1. The molecular formula is C12H19F3N2O3. The number of carbonyl (C=O) groups excluding carboxylic acids is 2. The van der Waals surface area contributed by atoms with Crippen LogP contribution in [0.15, 0.2) is 0 Å². The molecule has 0 aromatic heterocycles. The van der Waals surface area contributed by atoms with Crippen molar-refractivity contribution in [3.63, 3.8) is 0 Å². The predicted octanol–water partition coefficient (Wildman–Crippen LogP) is 0.628. The Labute approximate surface area is 115 Å². The van der Waals surface area contributed by atoms with Crippen LogP contribution in [0.3, 0.4) is 0 Å². The van der Waals surface area contributed by atoms with Gasteiger partial charge < -0.3 is 14.9 Å². The second-order valence-corrected chi connectivity index (χ2v) is 4.88. The zero-order valence-electron chi connectivity index (χ0n) is 11.3. The smallest absolute Gasteiger partial charge is 0.395 e. The Bertz CT molecular complexity index is 352. The fraction of sp³-hybridized carbons (Fsp3) is 0.833. The van der Waals surface area contributed by atoms with Gasteiger partial charge in [-0.3, -0.25) is 9.59 Å². The summed E-state index contributed by atoms with van der Waals surface area (Å²) in [5.41, 5.74) is 0. The first kappa shape index (κ1) is 16.7. The van der Waals surface area contributed by atoms with Gasteiger partial charge in [0, 0.05) is 32.5 Å². The summed E-state index contributed by atoms with van der Waals surface area (Å²) in [4.78, 5) is 25.4. The summed E-state index contributed by atoms with van der Waals surface area (Å²) in [6.45, 7) is -0.00198.